The molecule has 0 spiro atoms. The number of benzene rings is 1. The first-order valence-corrected chi connectivity index (χ1v) is 11.0. The Hall–Kier alpha value is -3.75. The highest BCUT2D eigenvalue weighted by molar-refractivity contribution is 6.00. The van der Waals surface area contributed by atoms with Gasteiger partial charge in [0.25, 0.3) is 5.91 Å². The number of nitrogens with zero attached hydrogens (tertiary/aromatic N) is 6. The van der Waals surface area contributed by atoms with Gasteiger partial charge in [-0.3, -0.25) is 19.2 Å². The lowest BCUT2D eigenvalue weighted by atomic mass is 10.1. The molecule has 1 aromatic carbocycles. The molecule has 0 bridgehead atoms. The normalized spacial score (nSPS) is 17.5. The summed E-state index contributed by atoms with van der Waals surface area (Å²) >= 11 is 0. The number of aromatic nitrogens is 4. The summed E-state index contributed by atoms with van der Waals surface area (Å²) in [5, 5.41) is 4.10. The van der Waals surface area contributed by atoms with Gasteiger partial charge >= 0.3 is 0 Å². The molecule has 0 radical (unpaired) electrons. The fraction of sp³-hybridized carbons (Fsp3) is 0.375. The van der Waals surface area contributed by atoms with Gasteiger partial charge in [0.15, 0.2) is 0 Å². The topological polar surface area (TPSA) is 93.5 Å². The van der Waals surface area contributed by atoms with Crippen molar-refractivity contribution in [2.24, 2.45) is 7.05 Å². The Labute approximate surface area is 192 Å². The third kappa shape index (κ3) is 3.83. The number of hydrogen-bond donors (Lipinski definition) is 0. The van der Waals surface area contributed by atoms with Crippen LogP contribution in [-0.4, -0.2) is 56.7 Å². The van der Waals surface area contributed by atoms with Gasteiger partial charge in [-0.05, 0) is 37.1 Å². The molecule has 5 rings (SSSR count). The SMILES string of the molecule is COc1ccc(CN2C(=O)Cc3c(C)nc([C@@H]4CCN(C(=O)c5ccnn5C)C4)nc32)cc1. The van der Waals surface area contributed by atoms with E-state index >= 15 is 0 Å². The third-order valence-corrected chi connectivity index (χ3v) is 6.47. The maximum absolute atomic E-state index is 12.9. The molecule has 33 heavy (non-hydrogen) atoms. The monoisotopic (exact) mass is 446 g/mol. The number of anilines is 1. The number of aryl methyl sites for hydroxylation is 2. The highest BCUT2D eigenvalue weighted by atomic mass is 16.5. The molecule has 170 valence electrons. The summed E-state index contributed by atoms with van der Waals surface area (Å²) in [7, 11) is 3.40. The molecule has 9 heteroatoms. The zero-order valence-electron chi connectivity index (χ0n) is 19.0. The minimum absolute atomic E-state index is 0.0230. The summed E-state index contributed by atoms with van der Waals surface area (Å²) in [6.07, 6.45) is 2.73. The highest BCUT2D eigenvalue weighted by Gasteiger charge is 2.35. The molecule has 2 aliphatic heterocycles. The van der Waals surface area contributed by atoms with Crippen LogP contribution < -0.4 is 9.64 Å². The Balaban J connectivity index is 1.38. The Bertz CT molecular complexity index is 1220. The Morgan fingerprint density at radius 1 is 1.18 bits per heavy atom. The molecule has 0 aliphatic carbocycles. The molecule has 4 heterocycles. The molecule has 1 saturated heterocycles. The van der Waals surface area contributed by atoms with Crippen LogP contribution in [-0.2, 0) is 24.8 Å². The number of hydrogen-bond acceptors (Lipinski definition) is 6. The van der Waals surface area contributed by atoms with Gasteiger partial charge in [0.05, 0.1) is 20.1 Å². The Morgan fingerprint density at radius 2 is 1.97 bits per heavy atom. The molecule has 0 saturated carbocycles. The second kappa shape index (κ2) is 8.31. The number of carbonyl (C=O) groups is 2. The number of ether oxygens (including phenoxy) is 1. The van der Waals surface area contributed by atoms with Crippen molar-refractivity contribution in [1.82, 2.24) is 24.6 Å². The first kappa shape index (κ1) is 21.1. The van der Waals surface area contributed by atoms with Crippen molar-refractivity contribution < 1.29 is 14.3 Å². The molecule has 9 nitrogen and oxygen atoms in total. The van der Waals surface area contributed by atoms with E-state index in [-0.39, 0.29) is 17.7 Å². The van der Waals surface area contributed by atoms with Crippen LogP contribution in [0.5, 0.6) is 5.75 Å². The summed E-state index contributed by atoms with van der Waals surface area (Å²) in [6, 6.07) is 9.42. The molecule has 2 amide bonds. The van der Waals surface area contributed by atoms with E-state index in [9.17, 15) is 9.59 Å². The Kier molecular flexibility index (Phi) is 5.32. The van der Waals surface area contributed by atoms with Crippen LogP contribution in [0.4, 0.5) is 5.82 Å². The average molecular weight is 447 g/mol. The molecule has 1 fully saturated rings. The van der Waals surface area contributed by atoms with E-state index < -0.39 is 0 Å². The summed E-state index contributed by atoms with van der Waals surface area (Å²) in [5.41, 5.74) is 3.29. The van der Waals surface area contributed by atoms with Crippen LogP contribution in [0.25, 0.3) is 0 Å². The van der Waals surface area contributed by atoms with E-state index in [1.165, 1.54) is 0 Å². The van der Waals surface area contributed by atoms with Crippen molar-refractivity contribution in [2.75, 3.05) is 25.1 Å². The van der Waals surface area contributed by atoms with Crippen molar-refractivity contribution in [2.45, 2.75) is 32.2 Å². The number of rotatable bonds is 5. The van der Waals surface area contributed by atoms with E-state index in [1.807, 2.05) is 36.1 Å². The van der Waals surface area contributed by atoms with E-state index in [2.05, 4.69) is 5.10 Å². The van der Waals surface area contributed by atoms with Gasteiger partial charge in [0, 0.05) is 43.5 Å². The Morgan fingerprint density at radius 3 is 2.67 bits per heavy atom. The number of fused-ring (bicyclic) bond motifs is 1. The van der Waals surface area contributed by atoms with Crippen molar-refractivity contribution in [1.29, 1.82) is 0 Å². The first-order chi connectivity index (χ1) is 15.9. The van der Waals surface area contributed by atoms with E-state index in [4.69, 9.17) is 14.7 Å². The van der Waals surface area contributed by atoms with Crippen LogP contribution in [0, 0.1) is 6.92 Å². The molecule has 3 aromatic rings. The second-order valence-corrected chi connectivity index (χ2v) is 8.55. The zero-order valence-corrected chi connectivity index (χ0v) is 19.0. The lowest BCUT2D eigenvalue weighted by molar-refractivity contribution is -0.117. The van der Waals surface area contributed by atoms with Crippen molar-refractivity contribution in [3.8, 4) is 5.75 Å². The number of methoxy groups -OCH3 is 1. The third-order valence-electron chi connectivity index (χ3n) is 6.47. The standard InChI is InChI=1S/C24H26N6O3/c1-15-19-12-21(31)30(13-16-4-6-18(33-3)7-5-16)23(19)27-22(26-15)17-9-11-29(14-17)24(32)20-8-10-25-28(20)2/h4-8,10,17H,9,11-14H2,1-3H3/t17-/m1/s1. The molecule has 2 aromatic heterocycles. The molecule has 1 atom stereocenters. The van der Waals surface area contributed by atoms with Crippen LogP contribution in [0.15, 0.2) is 36.5 Å². The summed E-state index contributed by atoms with van der Waals surface area (Å²) in [4.78, 5) is 38.8. The van der Waals surface area contributed by atoms with E-state index in [1.54, 1.807) is 36.0 Å². The minimum Gasteiger partial charge on any atom is -0.497 e. The largest absolute Gasteiger partial charge is 0.497 e. The van der Waals surface area contributed by atoms with Gasteiger partial charge in [-0.25, -0.2) is 9.97 Å². The summed E-state index contributed by atoms with van der Waals surface area (Å²) < 4.78 is 6.82. The predicted octanol–water partition coefficient (Wildman–Crippen LogP) is 2.25. The highest BCUT2D eigenvalue weighted by Crippen LogP contribution is 2.34. The first-order valence-electron chi connectivity index (χ1n) is 11.0. The quantitative estimate of drug-likeness (QED) is 0.597. The average Bonchev–Trinajstić information content (AvgIpc) is 3.54. The van der Waals surface area contributed by atoms with Gasteiger partial charge in [0.1, 0.15) is 23.1 Å². The van der Waals surface area contributed by atoms with Gasteiger partial charge < -0.3 is 9.64 Å². The molecule has 0 N–H and O–H groups in total. The number of carbonyl (C=O) groups excluding carboxylic acids is 2. The van der Waals surface area contributed by atoms with Crippen molar-refractivity contribution in [3.05, 3.63) is 64.9 Å². The molecule has 0 unspecified atom stereocenters. The maximum Gasteiger partial charge on any atom is 0.272 e. The van der Waals surface area contributed by atoms with Gasteiger partial charge in [-0.1, -0.05) is 12.1 Å². The summed E-state index contributed by atoms with van der Waals surface area (Å²) in [5.74, 6) is 2.18. The van der Waals surface area contributed by atoms with E-state index in [0.29, 0.717) is 43.4 Å². The smallest absolute Gasteiger partial charge is 0.272 e. The van der Waals surface area contributed by atoms with Crippen LogP contribution in [0.1, 0.15) is 45.5 Å². The zero-order chi connectivity index (χ0) is 23.1. The molecular formula is C24H26N6O3. The van der Waals surface area contributed by atoms with Gasteiger partial charge in [0.2, 0.25) is 5.91 Å². The van der Waals surface area contributed by atoms with Crippen LogP contribution >= 0.6 is 0 Å². The van der Waals surface area contributed by atoms with Crippen molar-refractivity contribution in [3.63, 3.8) is 0 Å². The van der Waals surface area contributed by atoms with Crippen molar-refractivity contribution >= 4 is 17.6 Å². The predicted molar refractivity (Wildman–Crippen MR) is 121 cm³/mol. The second-order valence-electron chi connectivity index (χ2n) is 8.55. The maximum atomic E-state index is 12.9. The molecule has 2 aliphatic rings. The van der Waals surface area contributed by atoms with Crippen LogP contribution in [0.2, 0.25) is 0 Å². The number of amides is 2. The van der Waals surface area contributed by atoms with Gasteiger partial charge in [-0.2, -0.15) is 5.10 Å². The lowest BCUT2D eigenvalue weighted by Crippen LogP contribution is -2.30. The van der Waals surface area contributed by atoms with Crippen LogP contribution in [0.3, 0.4) is 0 Å². The molecular weight excluding hydrogens is 420 g/mol. The number of likely N-dealkylation sites (tertiary alicyclic amines) is 1. The minimum atomic E-state index is -0.0355. The fourth-order valence-electron chi connectivity index (χ4n) is 4.56. The lowest BCUT2D eigenvalue weighted by Gasteiger charge is -2.19. The summed E-state index contributed by atoms with van der Waals surface area (Å²) in [6.45, 7) is 3.57. The van der Waals surface area contributed by atoms with Gasteiger partial charge in [-0.15, -0.1) is 0 Å². The fourth-order valence-corrected chi connectivity index (χ4v) is 4.56. The van der Waals surface area contributed by atoms with E-state index in [0.717, 1.165) is 29.0 Å².